The zero-order chi connectivity index (χ0) is 14.0. The molecule has 0 spiro atoms. The third-order valence-electron chi connectivity index (χ3n) is 4.59. The van der Waals surface area contributed by atoms with Gasteiger partial charge in [0.15, 0.2) is 0 Å². The third kappa shape index (κ3) is 3.10. The molecule has 4 heteroatoms. The summed E-state index contributed by atoms with van der Waals surface area (Å²) < 4.78 is 0. The minimum absolute atomic E-state index is 0.128. The largest absolute Gasteiger partial charge is 0.340 e. The van der Waals surface area contributed by atoms with Crippen LogP contribution in [0.2, 0.25) is 0 Å². The Morgan fingerprint density at radius 3 is 2.63 bits per heavy atom. The van der Waals surface area contributed by atoms with Gasteiger partial charge in [-0.25, -0.2) is 0 Å². The van der Waals surface area contributed by atoms with Crippen molar-refractivity contribution in [3.05, 3.63) is 0 Å². The van der Waals surface area contributed by atoms with Gasteiger partial charge in [0.05, 0.1) is 0 Å². The summed E-state index contributed by atoms with van der Waals surface area (Å²) in [7, 11) is 0. The Labute approximate surface area is 116 Å². The summed E-state index contributed by atoms with van der Waals surface area (Å²) >= 11 is 0. The fourth-order valence-electron chi connectivity index (χ4n) is 2.97. The number of nitrogens with zero attached hydrogens (tertiary/aromatic N) is 2. The van der Waals surface area contributed by atoms with Crippen molar-refractivity contribution in [2.75, 3.05) is 19.6 Å². The van der Waals surface area contributed by atoms with Gasteiger partial charge in [-0.3, -0.25) is 9.59 Å². The molecule has 4 nitrogen and oxygen atoms in total. The maximum atomic E-state index is 12.7. The molecule has 2 saturated heterocycles. The molecule has 108 valence electrons. The van der Waals surface area contributed by atoms with Gasteiger partial charge in [-0.15, -0.1) is 0 Å². The molecule has 0 bridgehead atoms. The van der Waals surface area contributed by atoms with Crippen LogP contribution in [0.1, 0.15) is 52.9 Å². The molecule has 1 atom stereocenters. The molecule has 0 saturated carbocycles. The molecular formula is C15H26N2O2. The first-order chi connectivity index (χ1) is 8.94. The Bertz CT molecular complexity index is 365. The lowest BCUT2D eigenvalue weighted by Gasteiger charge is -2.36. The summed E-state index contributed by atoms with van der Waals surface area (Å²) in [4.78, 5) is 28.5. The fraction of sp³-hybridized carbons (Fsp3) is 0.867. The highest BCUT2D eigenvalue weighted by Crippen LogP contribution is 2.27. The number of fused-ring (bicyclic) bond motifs is 1. The van der Waals surface area contributed by atoms with E-state index in [1.165, 1.54) is 0 Å². The molecule has 2 heterocycles. The Morgan fingerprint density at radius 2 is 1.95 bits per heavy atom. The quantitative estimate of drug-likeness (QED) is 0.784. The second kappa shape index (κ2) is 5.51. The maximum absolute atomic E-state index is 12.7. The summed E-state index contributed by atoms with van der Waals surface area (Å²) in [5, 5.41) is 0. The van der Waals surface area contributed by atoms with E-state index >= 15 is 0 Å². The monoisotopic (exact) mass is 266 g/mol. The topological polar surface area (TPSA) is 40.6 Å². The first-order valence-corrected chi connectivity index (χ1v) is 7.53. The molecule has 0 N–H and O–H groups in total. The van der Waals surface area contributed by atoms with Crippen LogP contribution in [0, 0.1) is 5.41 Å². The van der Waals surface area contributed by atoms with Gasteiger partial charge in [0.2, 0.25) is 11.8 Å². The van der Waals surface area contributed by atoms with Crippen LogP contribution in [0.3, 0.4) is 0 Å². The summed E-state index contributed by atoms with van der Waals surface area (Å²) in [5.41, 5.74) is 0.128. The van der Waals surface area contributed by atoms with E-state index in [0.29, 0.717) is 13.0 Å². The molecule has 2 aliphatic heterocycles. The zero-order valence-corrected chi connectivity index (χ0v) is 12.4. The van der Waals surface area contributed by atoms with Crippen LogP contribution in [-0.4, -0.2) is 47.3 Å². The van der Waals surface area contributed by atoms with Crippen molar-refractivity contribution < 1.29 is 9.59 Å². The van der Waals surface area contributed by atoms with E-state index in [1.54, 1.807) is 0 Å². The van der Waals surface area contributed by atoms with E-state index in [0.717, 1.165) is 38.8 Å². The zero-order valence-electron chi connectivity index (χ0n) is 12.4. The van der Waals surface area contributed by atoms with Crippen molar-refractivity contribution in [1.29, 1.82) is 0 Å². The van der Waals surface area contributed by atoms with Crippen molar-refractivity contribution >= 4 is 11.8 Å². The maximum Gasteiger partial charge on any atom is 0.245 e. The predicted octanol–water partition coefficient (Wildman–Crippen LogP) is 2.04. The second-order valence-electron chi connectivity index (χ2n) is 6.63. The number of amides is 2. The van der Waals surface area contributed by atoms with Gasteiger partial charge in [-0.1, -0.05) is 20.8 Å². The number of carbonyl (C=O) groups is 2. The molecule has 0 aromatic heterocycles. The summed E-state index contributed by atoms with van der Waals surface area (Å²) in [6, 6.07) is -0.184. The number of piperidine rings is 1. The molecule has 2 rings (SSSR count). The van der Waals surface area contributed by atoms with Gasteiger partial charge >= 0.3 is 0 Å². The van der Waals surface area contributed by atoms with Crippen LogP contribution in [0.15, 0.2) is 0 Å². The van der Waals surface area contributed by atoms with Crippen molar-refractivity contribution in [2.45, 2.75) is 58.9 Å². The normalized spacial score (nSPS) is 25.3. The third-order valence-corrected chi connectivity index (χ3v) is 4.59. The van der Waals surface area contributed by atoms with Crippen LogP contribution >= 0.6 is 0 Å². The van der Waals surface area contributed by atoms with Crippen LogP contribution in [0.25, 0.3) is 0 Å². The van der Waals surface area contributed by atoms with Crippen LogP contribution in [0.4, 0.5) is 0 Å². The molecular weight excluding hydrogens is 240 g/mol. The average molecular weight is 266 g/mol. The molecule has 2 fully saturated rings. The van der Waals surface area contributed by atoms with E-state index in [2.05, 4.69) is 20.8 Å². The molecule has 2 amide bonds. The van der Waals surface area contributed by atoms with Crippen molar-refractivity contribution in [3.63, 3.8) is 0 Å². The lowest BCUT2D eigenvalue weighted by Crippen LogP contribution is -2.51. The minimum atomic E-state index is -0.184. The second-order valence-corrected chi connectivity index (χ2v) is 6.63. The number of carbonyl (C=O) groups excluding carboxylic acids is 2. The standard InChI is InChI=1S/C15H26N2O2/c1-4-15(2,3)11-16-10-8-13(18)17-9-6-5-7-12(17)14(16)19/h12H,4-11H2,1-3H3. The van der Waals surface area contributed by atoms with Crippen LogP contribution < -0.4 is 0 Å². The van der Waals surface area contributed by atoms with Crippen molar-refractivity contribution in [2.24, 2.45) is 5.41 Å². The van der Waals surface area contributed by atoms with Gasteiger partial charge in [-0.05, 0) is 31.1 Å². The van der Waals surface area contributed by atoms with Gasteiger partial charge in [0.1, 0.15) is 6.04 Å². The lowest BCUT2D eigenvalue weighted by atomic mass is 9.89. The molecule has 1 unspecified atom stereocenters. The highest BCUT2D eigenvalue weighted by molar-refractivity contribution is 5.90. The van der Waals surface area contributed by atoms with Crippen LogP contribution in [-0.2, 0) is 9.59 Å². The van der Waals surface area contributed by atoms with E-state index in [1.807, 2.05) is 9.80 Å². The highest BCUT2D eigenvalue weighted by atomic mass is 16.2. The Kier molecular flexibility index (Phi) is 4.16. The molecule has 19 heavy (non-hydrogen) atoms. The van der Waals surface area contributed by atoms with Crippen molar-refractivity contribution in [1.82, 2.24) is 9.80 Å². The van der Waals surface area contributed by atoms with E-state index in [4.69, 9.17) is 0 Å². The SMILES string of the molecule is CCC(C)(C)CN1CCC(=O)N2CCCCC2C1=O. The Balaban J connectivity index is 2.14. The Morgan fingerprint density at radius 1 is 1.21 bits per heavy atom. The van der Waals surface area contributed by atoms with E-state index in [9.17, 15) is 9.59 Å². The minimum Gasteiger partial charge on any atom is -0.340 e. The molecule has 0 aromatic rings. The first kappa shape index (κ1) is 14.4. The van der Waals surface area contributed by atoms with Gasteiger partial charge in [-0.2, -0.15) is 0 Å². The van der Waals surface area contributed by atoms with E-state index < -0.39 is 0 Å². The number of hydrogen-bond donors (Lipinski definition) is 0. The molecule has 2 aliphatic rings. The lowest BCUT2D eigenvalue weighted by molar-refractivity contribution is -0.143. The molecule has 0 aliphatic carbocycles. The summed E-state index contributed by atoms with van der Waals surface area (Å²) in [6.45, 7) is 8.64. The predicted molar refractivity (Wildman–Crippen MR) is 74.6 cm³/mol. The Hall–Kier alpha value is -1.06. The van der Waals surface area contributed by atoms with Gasteiger partial charge in [0.25, 0.3) is 0 Å². The number of hydrogen-bond acceptors (Lipinski definition) is 2. The summed E-state index contributed by atoms with van der Waals surface area (Å²) in [6.07, 6.45) is 4.47. The van der Waals surface area contributed by atoms with Gasteiger partial charge < -0.3 is 9.80 Å². The smallest absolute Gasteiger partial charge is 0.245 e. The first-order valence-electron chi connectivity index (χ1n) is 7.53. The highest BCUT2D eigenvalue weighted by Gasteiger charge is 2.38. The number of rotatable bonds is 3. The van der Waals surface area contributed by atoms with Crippen LogP contribution in [0.5, 0.6) is 0 Å². The molecule has 0 radical (unpaired) electrons. The molecule has 0 aromatic carbocycles. The average Bonchev–Trinajstić information content (AvgIpc) is 2.52. The van der Waals surface area contributed by atoms with E-state index in [-0.39, 0.29) is 23.3 Å². The van der Waals surface area contributed by atoms with Crippen molar-refractivity contribution in [3.8, 4) is 0 Å². The van der Waals surface area contributed by atoms with Gasteiger partial charge in [0, 0.05) is 26.1 Å². The fourth-order valence-corrected chi connectivity index (χ4v) is 2.97. The summed E-state index contributed by atoms with van der Waals surface area (Å²) in [5.74, 6) is 0.335.